The molecule has 1 aliphatic rings. The van der Waals surface area contributed by atoms with Gasteiger partial charge in [-0.1, -0.05) is 23.4 Å². The summed E-state index contributed by atoms with van der Waals surface area (Å²) in [5.74, 6) is 0.671. The fourth-order valence-corrected chi connectivity index (χ4v) is 3.48. The van der Waals surface area contributed by atoms with Crippen molar-refractivity contribution < 1.29 is 22.3 Å². The molecular weight excluding hydrogens is 350 g/mol. The maximum Gasteiger partial charge on any atom is 0.465 e. The monoisotopic (exact) mass is 366 g/mol. The van der Waals surface area contributed by atoms with Crippen LogP contribution in [0.5, 0.6) is 0 Å². The number of benzene rings is 1. The van der Waals surface area contributed by atoms with E-state index in [0.717, 1.165) is 12.8 Å². The Morgan fingerprint density at radius 3 is 2.79 bits per heavy atom. The molecule has 1 unspecified atom stereocenters. The average molecular weight is 366 g/mol. The smallest absolute Gasteiger partial charge is 0.360 e. The molecule has 1 heterocycles. The van der Waals surface area contributed by atoms with E-state index in [1.54, 1.807) is 25.1 Å². The molecule has 0 saturated heterocycles. The van der Waals surface area contributed by atoms with Crippen molar-refractivity contribution >= 4 is 28.5 Å². The summed E-state index contributed by atoms with van der Waals surface area (Å²) in [6.07, 6.45) is 1.92. The molecule has 6 nitrogen and oxygen atoms in total. The zero-order valence-corrected chi connectivity index (χ0v) is 14.6. The van der Waals surface area contributed by atoms with Crippen molar-refractivity contribution in [1.82, 2.24) is 5.16 Å². The van der Waals surface area contributed by atoms with Gasteiger partial charge in [0.05, 0.1) is 11.3 Å². The molecule has 126 valence electrons. The van der Waals surface area contributed by atoms with E-state index in [4.69, 9.17) is 9.08 Å². The normalized spacial score (nSPS) is 15.2. The number of nitrogens with zero attached hydrogens (tertiary/aromatic N) is 1. The molecular formula is C16H16NO5S2+. The molecule has 0 amide bonds. The van der Waals surface area contributed by atoms with Crippen molar-refractivity contribution in [2.45, 2.75) is 37.2 Å². The molecule has 0 bridgehead atoms. The summed E-state index contributed by atoms with van der Waals surface area (Å²) >= 11 is -1.57. The first-order chi connectivity index (χ1) is 11.5. The number of carbonyl (C=O) groups is 1. The minimum Gasteiger partial charge on any atom is -0.360 e. The summed E-state index contributed by atoms with van der Waals surface area (Å²) in [4.78, 5) is 13.0. The molecule has 1 saturated carbocycles. The Kier molecular flexibility index (Phi) is 4.98. The molecule has 2 aromatic rings. The summed E-state index contributed by atoms with van der Waals surface area (Å²) in [5.41, 5.74) is 2.69. The molecule has 1 atom stereocenters. The highest BCUT2D eigenvalue weighted by molar-refractivity contribution is 7.78. The van der Waals surface area contributed by atoms with E-state index in [1.807, 2.05) is 0 Å². The van der Waals surface area contributed by atoms with Crippen LogP contribution in [0.3, 0.4) is 0 Å². The van der Waals surface area contributed by atoms with Gasteiger partial charge in [-0.05, 0) is 30.9 Å². The Morgan fingerprint density at radius 2 is 2.21 bits per heavy atom. The third kappa shape index (κ3) is 3.50. The van der Waals surface area contributed by atoms with Crippen molar-refractivity contribution in [3.63, 3.8) is 0 Å². The van der Waals surface area contributed by atoms with Gasteiger partial charge in [0.25, 0.3) is 5.75 Å². The van der Waals surface area contributed by atoms with E-state index in [1.165, 1.54) is 0 Å². The van der Waals surface area contributed by atoms with Crippen molar-refractivity contribution in [3.05, 3.63) is 51.9 Å². The van der Waals surface area contributed by atoms with E-state index < -0.39 is 11.1 Å². The molecule has 0 spiro atoms. The number of aromatic nitrogens is 1. The molecule has 1 aromatic heterocycles. The highest BCUT2D eigenvalue weighted by atomic mass is 32.2. The van der Waals surface area contributed by atoms with Crippen LogP contribution < -0.4 is 0 Å². The lowest BCUT2D eigenvalue weighted by molar-refractivity contribution is 0.103. The Morgan fingerprint density at radius 1 is 1.46 bits per heavy atom. The minimum atomic E-state index is -1.93. The van der Waals surface area contributed by atoms with E-state index in [9.17, 15) is 13.2 Å². The summed E-state index contributed by atoms with van der Waals surface area (Å²) in [7, 11) is 0. The second kappa shape index (κ2) is 7.00. The largest absolute Gasteiger partial charge is 0.465 e. The van der Waals surface area contributed by atoms with Gasteiger partial charge in [0.1, 0.15) is 0 Å². The van der Waals surface area contributed by atoms with Crippen LogP contribution in [0.1, 0.15) is 57.3 Å². The van der Waals surface area contributed by atoms with E-state index in [2.05, 4.69) is 5.16 Å². The number of aryl methyl sites for hydroxylation is 1. The standard InChI is InChI=1S/C16H15NO5S2/c1-9-6-10(8-24(20)21)2-5-12(9)15(18)14-13(7-23-19)17-22-16(14)11-3-4-11/h2,5-6,11H,3-4,7-8H2,1H3/p+1. The van der Waals surface area contributed by atoms with Crippen LogP contribution in [0.15, 0.2) is 22.7 Å². The summed E-state index contributed by atoms with van der Waals surface area (Å²) in [5, 5.41) is 3.91. The first-order valence-corrected chi connectivity index (χ1v) is 9.64. The molecule has 24 heavy (non-hydrogen) atoms. The van der Waals surface area contributed by atoms with Gasteiger partial charge < -0.3 is 9.08 Å². The molecule has 1 fully saturated rings. The number of ketones is 1. The van der Waals surface area contributed by atoms with Gasteiger partial charge in [-0.15, -0.1) is 0 Å². The van der Waals surface area contributed by atoms with E-state index in [0.29, 0.717) is 45.4 Å². The Balaban J connectivity index is 1.98. The van der Waals surface area contributed by atoms with Gasteiger partial charge in [0.2, 0.25) is 0 Å². The molecule has 0 radical (unpaired) electrons. The highest BCUT2D eigenvalue weighted by Crippen LogP contribution is 2.43. The quantitative estimate of drug-likeness (QED) is 0.460. The topological polar surface area (TPSA) is 97.5 Å². The fraction of sp³-hybridized carbons (Fsp3) is 0.375. The third-order valence-corrected chi connectivity index (χ3v) is 4.96. The molecule has 1 N–H and O–H groups in total. The first-order valence-electron chi connectivity index (χ1n) is 7.46. The summed E-state index contributed by atoms with van der Waals surface area (Å²) in [6, 6.07) is 5.05. The lowest BCUT2D eigenvalue weighted by Crippen LogP contribution is -2.09. The van der Waals surface area contributed by atoms with Crippen molar-refractivity contribution in [3.8, 4) is 0 Å². The molecule has 1 aromatic carbocycles. The van der Waals surface area contributed by atoms with E-state index >= 15 is 0 Å². The maximum absolute atomic E-state index is 13.0. The second-order valence-corrected chi connectivity index (χ2v) is 7.31. The molecule has 8 heteroatoms. The lowest BCUT2D eigenvalue weighted by Gasteiger charge is -2.07. The molecule has 0 aliphatic heterocycles. The van der Waals surface area contributed by atoms with Crippen LogP contribution in [0.4, 0.5) is 0 Å². The predicted molar refractivity (Wildman–Crippen MR) is 89.3 cm³/mol. The number of rotatable bonds is 7. The van der Waals surface area contributed by atoms with Crippen LogP contribution in [0.25, 0.3) is 0 Å². The molecule has 3 rings (SSSR count). The Hall–Kier alpha value is -1.77. The zero-order valence-electron chi connectivity index (χ0n) is 13.0. The molecule has 1 aliphatic carbocycles. The number of hydrogen-bond acceptors (Lipinski definition) is 5. The van der Waals surface area contributed by atoms with Crippen LogP contribution in [-0.4, -0.2) is 19.7 Å². The first kappa shape index (κ1) is 17.1. The maximum atomic E-state index is 13.0. The van der Waals surface area contributed by atoms with Crippen LogP contribution in [-0.2, 0) is 38.5 Å². The van der Waals surface area contributed by atoms with Crippen LogP contribution in [0, 0.1) is 6.92 Å². The van der Waals surface area contributed by atoms with Gasteiger partial charge in [0.15, 0.2) is 28.3 Å². The lowest BCUT2D eigenvalue weighted by atomic mass is 9.95. The Labute approximate surface area is 145 Å². The zero-order chi connectivity index (χ0) is 17.3. The highest BCUT2D eigenvalue weighted by Gasteiger charge is 2.36. The third-order valence-electron chi connectivity index (χ3n) is 3.99. The fourth-order valence-electron chi connectivity index (χ4n) is 2.71. The minimum absolute atomic E-state index is 0.0218. The van der Waals surface area contributed by atoms with E-state index in [-0.39, 0.29) is 23.2 Å². The Bertz CT molecular complexity index is 826. The second-order valence-electron chi connectivity index (χ2n) is 5.85. The van der Waals surface area contributed by atoms with Crippen molar-refractivity contribution in [1.29, 1.82) is 0 Å². The van der Waals surface area contributed by atoms with Crippen LogP contribution in [0.2, 0.25) is 0 Å². The van der Waals surface area contributed by atoms with Gasteiger partial charge >= 0.3 is 11.7 Å². The van der Waals surface area contributed by atoms with Gasteiger partial charge in [-0.3, -0.25) is 4.79 Å². The SMILES string of the molecule is Cc1cc(CS(=O)O)ccc1C(=O)c1c(C[S+]=O)noc1C1CC1. The number of hydrogen-bond donors (Lipinski definition) is 1. The van der Waals surface area contributed by atoms with Gasteiger partial charge in [-0.25, -0.2) is 4.21 Å². The van der Waals surface area contributed by atoms with Gasteiger partial charge in [0, 0.05) is 15.7 Å². The van der Waals surface area contributed by atoms with Crippen LogP contribution >= 0.6 is 0 Å². The average Bonchev–Trinajstić information content (AvgIpc) is 3.28. The summed E-state index contributed by atoms with van der Waals surface area (Å²) in [6.45, 7) is 1.78. The summed E-state index contributed by atoms with van der Waals surface area (Å²) < 4.78 is 36.1. The van der Waals surface area contributed by atoms with Crippen molar-refractivity contribution in [2.24, 2.45) is 0 Å². The van der Waals surface area contributed by atoms with Gasteiger partial charge in [-0.2, -0.15) is 0 Å². The van der Waals surface area contributed by atoms with Crippen molar-refractivity contribution in [2.75, 3.05) is 0 Å². The predicted octanol–water partition coefficient (Wildman–Crippen LogP) is 2.74. The number of carbonyl (C=O) groups excluding carboxylic acids is 1.